The van der Waals surface area contributed by atoms with Crippen LogP contribution in [0.3, 0.4) is 0 Å². The highest BCUT2D eigenvalue weighted by molar-refractivity contribution is 5.70. The highest BCUT2D eigenvalue weighted by Gasteiger charge is 1.93. The van der Waals surface area contributed by atoms with Crippen LogP contribution < -0.4 is 5.73 Å². The summed E-state index contributed by atoms with van der Waals surface area (Å²) in [4.78, 5) is 19.0. The maximum Gasteiger partial charge on any atom is 0.303 e. The average Bonchev–Trinajstić information content (AvgIpc) is 2.28. The molecule has 1 atom stereocenters. The maximum atomic E-state index is 9.60. The number of hydrogen-bond acceptors (Lipinski definition) is 3. The fourth-order valence-electron chi connectivity index (χ4n) is 0.939. The van der Waals surface area contributed by atoms with Gasteiger partial charge < -0.3 is 15.6 Å². The van der Waals surface area contributed by atoms with E-state index in [0.29, 0.717) is 6.29 Å². The van der Waals surface area contributed by atoms with Gasteiger partial charge in [-0.1, -0.05) is 30.3 Å². The number of benzene rings is 1. The minimum Gasteiger partial charge on any atom is -0.481 e. The number of carboxylic acids is 1. The van der Waals surface area contributed by atoms with Gasteiger partial charge in [0.1, 0.15) is 6.29 Å². The summed E-state index contributed by atoms with van der Waals surface area (Å²) in [6.45, 7) is 1.98. The van der Waals surface area contributed by atoms with Crippen molar-refractivity contribution in [1.82, 2.24) is 0 Å². The van der Waals surface area contributed by atoms with E-state index in [-0.39, 0.29) is 18.9 Å². The SMILES string of the molecule is CC(N)c1ccccc1.O=CCCC(=O)O. The van der Waals surface area contributed by atoms with Crippen molar-refractivity contribution in [3.63, 3.8) is 0 Å². The first-order valence-corrected chi connectivity index (χ1v) is 5.04. The molecule has 0 spiro atoms. The van der Waals surface area contributed by atoms with Crippen molar-refractivity contribution in [2.75, 3.05) is 0 Å². The van der Waals surface area contributed by atoms with E-state index in [1.165, 1.54) is 5.56 Å². The molecule has 3 N–H and O–H groups in total. The Bertz CT molecular complexity index is 309. The minimum atomic E-state index is -0.924. The second kappa shape index (κ2) is 8.61. The van der Waals surface area contributed by atoms with Gasteiger partial charge in [-0.15, -0.1) is 0 Å². The van der Waals surface area contributed by atoms with Crippen LogP contribution in [0.5, 0.6) is 0 Å². The molecule has 0 heterocycles. The minimum absolute atomic E-state index is 0.0521. The smallest absolute Gasteiger partial charge is 0.303 e. The normalized spacial score (nSPS) is 10.9. The molecule has 1 unspecified atom stereocenters. The van der Waals surface area contributed by atoms with E-state index in [2.05, 4.69) is 0 Å². The lowest BCUT2D eigenvalue weighted by Gasteiger charge is -2.02. The molecule has 1 rings (SSSR count). The summed E-state index contributed by atoms with van der Waals surface area (Å²) in [5.74, 6) is -0.924. The van der Waals surface area contributed by atoms with Gasteiger partial charge in [0.05, 0.1) is 6.42 Å². The van der Waals surface area contributed by atoms with E-state index in [1.54, 1.807) is 0 Å². The van der Waals surface area contributed by atoms with Crippen LogP contribution in [0.25, 0.3) is 0 Å². The van der Waals surface area contributed by atoms with E-state index in [0.717, 1.165) is 0 Å². The molecule has 4 nitrogen and oxygen atoms in total. The summed E-state index contributed by atoms with van der Waals surface area (Å²) in [5, 5.41) is 7.89. The topological polar surface area (TPSA) is 80.4 Å². The quantitative estimate of drug-likeness (QED) is 0.762. The Labute approximate surface area is 95.1 Å². The largest absolute Gasteiger partial charge is 0.481 e. The van der Waals surface area contributed by atoms with Crippen LogP contribution in [0.15, 0.2) is 30.3 Å². The van der Waals surface area contributed by atoms with E-state index in [1.807, 2.05) is 37.3 Å². The Morgan fingerprint density at radius 2 is 2.00 bits per heavy atom. The third-order valence-electron chi connectivity index (χ3n) is 1.80. The molecule has 0 aliphatic carbocycles. The van der Waals surface area contributed by atoms with Crippen molar-refractivity contribution in [2.24, 2.45) is 5.73 Å². The average molecular weight is 223 g/mol. The number of aliphatic carboxylic acids is 1. The Morgan fingerprint density at radius 1 is 1.44 bits per heavy atom. The summed E-state index contributed by atoms with van der Waals surface area (Å²) >= 11 is 0. The Hall–Kier alpha value is -1.68. The predicted molar refractivity (Wildman–Crippen MR) is 62.0 cm³/mol. The van der Waals surface area contributed by atoms with Gasteiger partial charge in [-0.2, -0.15) is 0 Å². The molecule has 0 aliphatic rings. The number of rotatable bonds is 4. The summed E-state index contributed by atoms with van der Waals surface area (Å²) in [7, 11) is 0. The fraction of sp³-hybridized carbons (Fsp3) is 0.333. The molecule has 1 aromatic rings. The summed E-state index contributed by atoms with van der Waals surface area (Å²) in [5.41, 5.74) is 6.81. The molecular weight excluding hydrogens is 206 g/mol. The summed E-state index contributed by atoms with van der Waals surface area (Å²) in [6, 6.07) is 10.2. The lowest BCUT2D eigenvalue weighted by molar-refractivity contribution is -0.137. The predicted octanol–water partition coefficient (Wildman–Crippen LogP) is 1.76. The van der Waals surface area contributed by atoms with Crippen molar-refractivity contribution in [2.45, 2.75) is 25.8 Å². The standard InChI is InChI=1S/C8H11N.C4H6O3/c1-7(9)8-5-3-2-4-6-8;5-3-1-2-4(6)7/h2-7H,9H2,1H3;3H,1-2H2,(H,6,7). The first-order valence-electron chi connectivity index (χ1n) is 5.04. The van der Waals surface area contributed by atoms with Gasteiger partial charge in [-0.25, -0.2) is 0 Å². The van der Waals surface area contributed by atoms with Gasteiger partial charge in [0.2, 0.25) is 0 Å². The Balaban J connectivity index is 0.000000293. The van der Waals surface area contributed by atoms with E-state index in [4.69, 9.17) is 10.8 Å². The van der Waals surface area contributed by atoms with Crippen molar-refractivity contribution in [3.05, 3.63) is 35.9 Å². The van der Waals surface area contributed by atoms with Crippen molar-refractivity contribution >= 4 is 12.3 Å². The highest BCUT2D eigenvalue weighted by atomic mass is 16.4. The van der Waals surface area contributed by atoms with Crippen LogP contribution in [-0.4, -0.2) is 17.4 Å². The van der Waals surface area contributed by atoms with Gasteiger partial charge in [0.25, 0.3) is 0 Å². The van der Waals surface area contributed by atoms with Gasteiger partial charge in [0.15, 0.2) is 0 Å². The van der Waals surface area contributed by atoms with Crippen molar-refractivity contribution in [3.8, 4) is 0 Å². The number of nitrogens with two attached hydrogens (primary N) is 1. The molecule has 88 valence electrons. The second-order valence-electron chi connectivity index (χ2n) is 3.30. The first kappa shape index (κ1) is 14.3. The lowest BCUT2D eigenvalue weighted by Crippen LogP contribution is -2.03. The number of aldehydes is 1. The summed E-state index contributed by atoms with van der Waals surface area (Å²) in [6.07, 6.45) is 0.660. The van der Waals surface area contributed by atoms with Gasteiger partial charge in [-0.3, -0.25) is 4.79 Å². The summed E-state index contributed by atoms with van der Waals surface area (Å²) < 4.78 is 0. The number of carboxylic acid groups (broad SMARTS) is 1. The molecule has 1 aromatic carbocycles. The monoisotopic (exact) mass is 223 g/mol. The van der Waals surface area contributed by atoms with Gasteiger partial charge >= 0.3 is 5.97 Å². The Kier molecular flexibility index (Phi) is 7.71. The van der Waals surface area contributed by atoms with Crippen LogP contribution in [0.2, 0.25) is 0 Å². The third kappa shape index (κ3) is 7.70. The van der Waals surface area contributed by atoms with Gasteiger partial charge in [-0.05, 0) is 12.5 Å². The fourth-order valence-corrected chi connectivity index (χ4v) is 0.939. The van der Waals surface area contributed by atoms with E-state index < -0.39 is 5.97 Å². The highest BCUT2D eigenvalue weighted by Crippen LogP contribution is 2.06. The molecule has 4 heteroatoms. The number of carbonyl (C=O) groups is 2. The molecule has 0 saturated heterocycles. The van der Waals surface area contributed by atoms with E-state index in [9.17, 15) is 9.59 Å². The van der Waals surface area contributed by atoms with E-state index >= 15 is 0 Å². The van der Waals surface area contributed by atoms with Crippen LogP contribution in [0, 0.1) is 0 Å². The van der Waals surface area contributed by atoms with Crippen LogP contribution >= 0.6 is 0 Å². The Morgan fingerprint density at radius 3 is 2.25 bits per heavy atom. The molecule has 0 radical (unpaired) electrons. The molecular formula is C12H17NO3. The van der Waals surface area contributed by atoms with Gasteiger partial charge in [0, 0.05) is 12.5 Å². The number of hydrogen-bond donors (Lipinski definition) is 2. The molecule has 0 saturated carbocycles. The molecule has 0 aromatic heterocycles. The molecule has 0 fully saturated rings. The van der Waals surface area contributed by atoms with Crippen LogP contribution in [0.4, 0.5) is 0 Å². The molecule has 0 amide bonds. The zero-order chi connectivity index (χ0) is 12.4. The lowest BCUT2D eigenvalue weighted by atomic mass is 10.1. The first-order chi connectivity index (χ1) is 7.57. The van der Waals surface area contributed by atoms with Crippen LogP contribution in [0.1, 0.15) is 31.4 Å². The second-order valence-corrected chi connectivity index (χ2v) is 3.30. The van der Waals surface area contributed by atoms with Crippen LogP contribution in [-0.2, 0) is 9.59 Å². The molecule has 16 heavy (non-hydrogen) atoms. The third-order valence-corrected chi connectivity index (χ3v) is 1.80. The van der Waals surface area contributed by atoms with Crippen molar-refractivity contribution < 1.29 is 14.7 Å². The number of carbonyl (C=O) groups excluding carboxylic acids is 1. The maximum absolute atomic E-state index is 9.60. The molecule has 0 aliphatic heterocycles. The molecule has 0 bridgehead atoms. The zero-order valence-corrected chi connectivity index (χ0v) is 9.30. The zero-order valence-electron chi connectivity index (χ0n) is 9.30. The van der Waals surface area contributed by atoms with Crippen molar-refractivity contribution in [1.29, 1.82) is 0 Å².